The van der Waals surface area contributed by atoms with Crippen molar-refractivity contribution in [2.45, 2.75) is 38.6 Å². The molecule has 1 aromatic rings. The fourth-order valence-electron chi connectivity index (χ4n) is 2.77. The molecule has 1 fully saturated rings. The van der Waals surface area contributed by atoms with Crippen LogP contribution in [0.3, 0.4) is 0 Å². The summed E-state index contributed by atoms with van der Waals surface area (Å²) in [6, 6.07) is 8.30. The Hall–Kier alpha value is -2.04. The number of amides is 2. The summed E-state index contributed by atoms with van der Waals surface area (Å²) in [5, 5.41) is 3.07. The van der Waals surface area contributed by atoms with Crippen LogP contribution in [0.2, 0.25) is 0 Å². The number of rotatable bonds is 4. The van der Waals surface area contributed by atoms with Gasteiger partial charge >= 0.3 is 6.09 Å². The SMILES string of the molecule is COC(=O)N1CCC(NC(=O)CCc2ccccc2C)CC1. The molecule has 2 rings (SSSR count). The number of benzene rings is 1. The monoisotopic (exact) mass is 304 g/mol. The molecule has 1 aliphatic heterocycles. The van der Waals surface area contributed by atoms with Gasteiger partial charge in [0.05, 0.1) is 7.11 Å². The van der Waals surface area contributed by atoms with Gasteiger partial charge in [-0.3, -0.25) is 4.79 Å². The maximum absolute atomic E-state index is 12.1. The molecule has 0 atom stereocenters. The van der Waals surface area contributed by atoms with Crippen molar-refractivity contribution in [1.82, 2.24) is 10.2 Å². The van der Waals surface area contributed by atoms with Gasteiger partial charge in [0, 0.05) is 25.6 Å². The molecule has 0 saturated carbocycles. The number of likely N-dealkylation sites (tertiary alicyclic amines) is 1. The minimum absolute atomic E-state index is 0.0831. The van der Waals surface area contributed by atoms with Gasteiger partial charge in [0.15, 0.2) is 0 Å². The van der Waals surface area contributed by atoms with Crippen molar-refractivity contribution in [2.24, 2.45) is 0 Å². The van der Waals surface area contributed by atoms with E-state index in [-0.39, 0.29) is 18.0 Å². The van der Waals surface area contributed by atoms with Crippen LogP contribution < -0.4 is 5.32 Å². The standard InChI is InChI=1S/C17H24N2O3/c1-13-5-3-4-6-14(13)7-8-16(20)18-15-9-11-19(12-10-15)17(21)22-2/h3-6,15H,7-12H2,1-2H3,(H,18,20). The zero-order chi connectivity index (χ0) is 15.9. The molecule has 0 aromatic heterocycles. The highest BCUT2D eigenvalue weighted by Gasteiger charge is 2.23. The number of piperidine rings is 1. The maximum Gasteiger partial charge on any atom is 0.409 e. The van der Waals surface area contributed by atoms with E-state index in [0.717, 1.165) is 19.3 Å². The summed E-state index contributed by atoms with van der Waals surface area (Å²) in [7, 11) is 1.39. The van der Waals surface area contributed by atoms with Crippen LogP contribution in [-0.4, -0.2) is 43.1 Å². The van der Waals surface area contributed by atoms with E-state index in [0.29, 0.717) is 19.5 Å². The molecular formula is C17H24N2O3. The Bertz CT molecular complexity index is 522. The summed E-state index contributed by atoms with van der Waals surface area (Å²) < 4.78 is 4.70. The van der Waals surface area contributed by atoms with Gasteiger partial charge in [0.1, 0.15) is 0 Å². The van der Waals surface area contributed by atoms with Crippen molar-refractivity contribution in [1.29, 1.82) is 0 Å². The van der Waals surface area contributed by atoms with Crippen molar-refractivity contribution in [3.63, 3.8) is 0 Å². The van der Waals surface area contributed by atoms with Crippen molar-refractivity contribution < 1.29 is 14.3 Å². The Morgan fingerprint density at radius 1 is 1.27 bits per heavy atom. The minimum Gasteiger partial charge on any atom is -0.453 e. The fourth-order valence-corrected chi connectivity index (χ4v) is 2.77. The van der Waals surface area contributed by atoms with Gasteiger partial charge in [-0.15, -0.1) is 0 Å². The van der Waals surface area contributed by atoms with E-state index < -0.39 is 0 Å². The second-order valence-corrected chi connectivity index (χ2v) is 5.73. The van der Waals surface area contributed by atoms with Gasteiger partial charge in [-0.25, -0.2) is 4.79 Å². The van der Waals surface area contributed by atoms with Gasteiger partial charge in [-0.05, 0) is 37.3 Å². The van der Waals surface area contributed by atoms with E-state index in [2.05, 4.69) is 24.4 Å². The molecule has 1 saturated heterocycles. The fraction of sp³-hybridized carbons (Fsp3) is 0.529. The van der Waals surface area contributed by atoms with Crippen LogP contribution in [0.15, 0.2) is 24.3 Å². The molecule has 2 amide bonds. The average molecular weight is 304 g/mol. The number of methoxy groups -OCH3 is 1. The van der Waals surface area contributed by atoms with Gasteiger partial charge in [0.2, 0.25) is 5.91 Å². The van der Waals surface area contributed by atoms with Gasteiger partial charge in [0.25, 0.3) is 0 Å². The zero-order valence-electron chi connectivity index (χ0n) is 13.3. The molecule has 5 heteroatoms. The largest absolute Gasteiger partial charge is 0.453 e. The van der Waals surface area contributed by atoms with E-state index in [1.165, 1.54) is 18.2 Å². The molecule has 0 spiro atoms. The van der Waals surface area contributed by atoms with Crippen LogP contribution >= 0.6 is 0 Å². The van der Waals surface area contributed by atoms with Crippen LogP contribution in [0.5, 0.6) is 0 Å². The highest BCUT2D eigenvalue weighted by atomic mass is 16.5. The Morgan fingerprint density at radius 2 is 1.95 bits per heavy atom. The number of carbonyl (C=O) groups is 2. The quantitative estimate of drug-likeness (QED) is 0.928. The van der Waals surface area contributed by atoms with E-state index in [9.17, 15) is 9.59 Å². The topological polar surface area (TPSA) is 58.6 Å². The molecule has 22 heavy (non-hydrogen) atoms. The smallest absolute Gasteiger partial charge is 0.409 e. The molecule has 1 N–H and O–H groups in total. The lowest BCUT2D eigenvalue weighted by molar-refractivity contribution is -0.122. The zero-order valence-corrected chi connectivity index (χ0v) is 13.3. The van der Waals surface area contributed by atoms with E-state index >= 15 is 0 Å². The van der Waals surface area contributed by atoms with E-state index in [4.69, 9.17) is 4.74 Å². The second-order valence-electron chi connectivity index (χ2n) is 5.73. The molecule has 120 valence electrons. The number of carbonyl (C=O) groups excluding carboxylic acids is 2. The predicted molar refractivity (Wildman–Crippen MR) is 84.6 cm³/mol. The number of nitrogens with one attached hydrogen (secondary N) is 1. The first-order valence-corrected chi connectivity index (χ1v) is 7.77. The minimum atomic E-state index is -0.288. The second kappa shape index (κ2) is 7.82. The van der Waals surface area contributed by atoms with Crippen molar-refractivity contribution >= 4 is 12.0 Å². The van der Waals surface area contributed by atoms with Gasteiger partial charge in [-0.1, -0.05) is 24.3 Å². The Labute approximate surface area is 131 Å². The lowest BCUT2D eigenvalue weighted by Crippen LogP contribution is -2.46. The predicted octanol–water partition coefficient (Wildman–Crippen LogP) is 2.27. The summed E-state index contributed by atoms with van der Waals surface area (Å²) in [6.07, 6.45) is 2.54. The molecule has 1 aliphatic rings. The lowest BCUT2D eigenvalue weighted by Gasteiger charge is -2.31. The summed E-state index contributed by atoms with van der Waals surface area (Å²) in [5.41, 5.74) is 2.44. The summed E-state index contributed by atoms with van der Waals surface area (Å²) in [5.74, 6) is 0.0831. The van der Waals surface area contributed by atoms with E-state index in [1.54, 1.807) is 4.90 Å². The third-order valence-electron chi connectivity index (χ3n) is 4.18. The molecule has 0 bridgehead atoms. The molecule has 5 nitrogen and oxygen atoms in total. The number of hydrogen-bond acceptors (Lipinski definition) is 3. The number of hydrogen-bond donors (Lipinski definition) is 1. The highest BCUT2D eigenvalue weighted by molar-refractivity contribution is 5.76. The van der Waals surface area contributed by atoms with Gasteiger partial charge < -0.3 is 15.0 Å². The summed E-state index contributed by atoms with van der Waals surface area (Å²) in [6.45, 7) is 3.33. The van der Waals surface area contributed by atoms with Crippen molar-refractivity contribution in [2.75, 3.05) is 20.2 Å². The van der Waals surface area contributed by atoms with Crippen LogP contribution in [0, 0.1) is 6.92 Å². The normalized spacial score (nSPS) is 15.5. The van der Waals surface area contributed by atoms with Crippen molar-refractivity contribution in [3.8, 4) is 0 Å². The lowest BCUT2D eigenvalue weighted by atomic mass is 10.0. The first-order chi connectivity index (χ1) is 10.6. The Kier molecular flexibility index (Phi) is 5.81. The molecule has 0 unspecified atom stereocenters. The van der Waals surface area contributed by atoms with Crippen LogP contribution in [0.1, 0.15) is 30.4 Å². The Balaban J connectivity index is 1.72. The van der Waals surface area contributed by atoms with Crippen LogP contribution in [-0.2, 0) is 16.0 Å². The third-order valence-corrected chi connectivity index (χ3v) is 4.18. The molecule has 0 aliphatic carbocycles. The maximum atomic E-state index is 12.1. The average Bonchev–Trinajstić information content (AvgIpc) is 2.54. The number of nitrogens with zero attached hydrogens (tertiary/aromatic N) is 1. The Morgan fingerprint density at radius 3 is 2.59 bits per heavy atom. The first-order valence-electron chi connectivity index (χ1n) is 7.77. The highest BCUT2D eigenvalue weighted by Crippen LogP contribution is 2.13. The number of ether oxygens (including phenoxy) is 1. The molecule has 1 aromatic carbocycles. The number of aryl methyl sites for hydroxylation is 2. The molecule has 0 radical (unpaired) electrons. The van der Waals surface area contributed by atoms with Crippen LogP contribution in [0.4, 0.5) is 4.79 Å². The van der Waals surface area contributed by atoms with E-state index in [1.807, 2.05) is 12.1 Å². The summed E-state index contributed by atoms with van der Waals surface area (Å²) >= 11 is 0. The molecule has 1 heterocycles. The van der Waals surface area contributed by atoms with Crippen LogP contribution in [0.25, 0.3) is 0 Å². The first kappa shape index (κ1) is 16.3. The van der Waals surface area contributed by atoms with Crippen molar-refractivity contribution in [3.05, 3.63) is 35.4 Å². The third kappa shape index (κ3) is 4.48. The summed E-state index contributed by atoms with van der Waals surface area (Å²) in [4.78, 5) is 25.1. The van der Waals surface area contributed by atoms with Gasteiger partial charge in [-0.2, -0.15) is 0 Å². The molecular weight excluding hydrogens is 280 g/mol.